The van der Waals surface area contributed by atoms with Gasteiger partial charge >= 0.3 is 0 Å². The second-order valence-electron chi connectivity index (χ2n) is 5.66. The molecular formula is C15H15F3N4O3S. The Morgan fingerprint density at radius 3 is 2.77 bits per heavy atom. The van der Waals surface area contributed by atoms with Crippen LogP contribution < -0.4 is 4.72 Å². The SMILES string of the molecule is Cc1c[nH]c2c(NS(=O)(=O)c3cnn([C@@H](CO)C(F)F)c3)ccc(F)c12. The van der Waals surface area contributed by atoms with E-state index in [-0.39, 0.29) is 21.5 Å². The molecular weight excluding hydrogens is 373 g/mol. The summed E-state index contributed by atoms with van der Waals surface area (Å²) < 4.78 is 67.6. The monoisotopic (exact) mass is 388 g/mol. The second kappa shape index (κ2) is 6.65. The van der Waals surface area contributed by atoms with E-state index in [4.69, 9.17) is 5.11 Å². The van der Waals surface area contributed by atoms with Gasteiger partial charge in [-0.25, -0.2) is 21.6 Å². The summed E-state index contributed by atoms with van der Waals surface area (Å²) in [5, 5.41) is 12.8. The van der Waals surface area contributed by atoms with E-state index in [9.17, 15) is 21.6 Å². The Morgan fingerprint density at radius 2 is 2.12 bits per heavy atom. The minimum Gasteiger partial charge on any atom is -0.394 e. The highest BCUT2D eigenvalue weighted by Gasteiger charge is 2.25. The molecule has 0 fully saturated rings. The molecule has 140 valence electrons. The lowest BCUT2D eigenvalue weighted by Crippen LogP contribution is -2.21. The molecule has 0 spiro atoms. The van der Waals surface area contributed by atoms with Gasteiger partial charge in [0.25, 0.3) is 16.4 Å². The van der Waals surface area contributed by atoms with Crippen LogP contribution in [0.3, 0.4) is 0 Å². The minimum absolute atomic E-state index is 0.106. The Labute approximate surface area is 146 Å². The maximum absolute atomic E-state index is 13.9. The molecule has 0 saturated carbocycles. The number of aromatic amines is 1. The van der Waals surface area contributed by atoms with Gasteiger partial charge in [-0.3, -0.25) is 9.40 Å². The molecule has 0 saturated heterocycles. The number of aliphatic hydroxyl groups is 1. The topological polar surface area (TPSA) is 100 Å². The molecule has 7 nitrogen and oxygen atoms in total. The fourth-order valence-corrected chi connectivity index (χ4v) is 3.58. The van der Waals surface area contributed by atoms with E-state index in [1.54, 1.807) is 6.92 Å². The van der Waals surface area contributed by atoms with Crippen LogP contribution in [-0.4, -0.2) is 41.3 Å². The fourth-order valence-electron chi connectivity index (χ4n) is 2.57. The summed E-state index contributed by atoms with van der Waals surface area (Å²) >= 11 is 0. The summed E-state index contributed by atoms with van der Waals surface area (Å²) in [6.45, 7) is 0.774. The number of nitrogens with one attached hydrogen (secondary N) is 2. The molecule has 2 aromatic heterocycles. The number of H-pyrrole nitrogens is 1. The third-order valence-corrected chi connectivity index (χ3v) is 5.25. The van der Waals surface area contributed by atoms with Gasteiger partial charge in [0, 0.05) is 17.8 Å². The molecule has 2 heterocycles. The molecule has 0 aliphatic heterocycles. The lowest BCUT2D eigenvalue weighted by atomic mass is 10.1. The van der Waals surface area contributed by atoms with Gasteiger partial charge in [0.15, 0.2) is 0 Å². The predicted molar refractivity (Wildman–Crippen MR) is 88.2 cm³/mol. The zero-order valence-electron chi connectivity index (χ0n) is 13.4. The lowest BCUT2D eigenvalue weighted by Gasteiger charge is -2.13. The number of aromatic nitrogens is 3. The van der Waals surface area contributed by atoms with Crippen molar-refractivity contribution in [2.45, 2.75) is 24.3 Å². The maximum atomic E-state index is 13.9. The van der Waals surface area contributed by atoms with Crippen LogP contribution in [0.1, 0.15) is 11.6 Å². The molecule has 3 aromatic rings. The predicted octanol–water partition coefficient (Wildman–Crippen LogP) is 2.41. The first-order valence-corrected chi connectivity index (χ1v) is 8.95. The van der Waals surface area contributed by atoms with Crippen LogP contribution in [0.4, 0.5) is 18.9 Å². The number of anilines is 1. The first kappa shape index (κ1) is 18.3. The second-order valence-corrected chi connectivity index (χ2v) is 7.34. The van der Waals surface area contributed by atoms with E-state index in [2.05, 4.69) is 14.8 Å². The Kier molecular flexibility index (Phi) is 4.67. The van der Waals surface area contributed by atoms with Crippen LogP contribution in [0, 0.1) is 12.7 Å². The van der Waals surface area contributed by atoms with Crippen molar-refractivity contribution in [3.8, 4) is 0 Å². The highest BCUT2D eigenvalue weighted by molar-refractivity contribution is 7.92. The van der Waals surface area contributed by atoms with Gasteiger partial charge in [-0.2, -0.15) is 5.10 Å². The molecule has 0 aliphatic rings. The molecule has 1 aromatic carbocycles. The number of aryl methyl sites for hydroxylation is 1. The highest BCUT2D eigenvalue weighted by Crippen LogP contribution is 2.29. The number of halogens is 3. The number of fused-ring (bicyclic) bond motifs is 1. The van der Waals surface area contributed by atoms with Crippen molar-refractivity contribution in [1.29, 1.82) is 0 Å². The Bertz CT molecular complexity index is 1050. The smallest absolute Gasteiger partial charge is 0.265 e. The number of hydrogen-bond acceptors (Lipinski definition) is 4. The Hall–Kier alpha value is -2.53. The molecule has 11 heteroatoms. The molecule has 26 heavy (non-hydrogen) atoms. The molecule has 0 unspecified atom stereocenters. The number of hydrogen-bond donors (Lipinski definition) is 3. The zero-order valence-corrected chi connectivity index (χ0v) is 14.3. The van der Waals surface area contributed by atoms with Crippen molar-refractivity contribution >= 4 is 26.6 Å². The minimum atomic E-state index is -4.16. The highest BCUT2D eigenvalue weighted by atomic mass is 32.2. The van der Waals surface area contributed by atoms with Gasteiger partial charge in [0.2, 0.25) is 0 Å². The van der Waals surface area contributed by atoms with E-state index in [0.717, 1.165) is 18.5 Å². The summed E-state index contributed by atoms with van der Waals surface area (Å²) in [6.07, 6.45) is 0.421. The summed E-state index contributed by atoms with van der Waals surface area (Å²) in [4.78, 5) is 2.44. The first-order chi connectivity index (χ1) is 12.2. The summed E-state index contributed by atoms with van der Waals surface area (Å²) in [6, 6.07) is 0.733. The quantitative estimate of drug-likeness (QED) is 0.604. The summed E-state index contributed by atoms with van der Waals surface area (Å²) in [7, 11) is -4.16. The first-order valence-electron chi connectivity index (χ1n) is 7.46. The van der Waals surface area contributed by atoms with Crippen LogP contribution >= 0.6 is 0 Å². The van der Waals surface area contributed by atoms with Crippen LogP contribution in [0.25, 0.3) is 10.9 Å². The van der Waals surface area contributed by atoms with Crippen molar-refractivity contribution in [3.05, 3.63) is 42.1 Å². The number of alkyl halides is 2. The van der Waals surface area contributed by atoms with E-state index < -0.39 is 34.9 Å². The van der Waals surface area contributed by atoms with Crippen LogP contribution in [0.5, 0.6) is 0 Å². The number of benzene rings is 1. The molecule has 1 atom stereocenters. The van der Waals surface area contributed by atoms with Gasteiger partial charge in [-0.15, -0.1) is 0 Å². The van der Waals surface area contributed by atoms with Crippen LogP contribution in [-0.2, 0) is 10.0 Å². The maximum Gasteiger partial charge on any atom is 0.265 e. The Balaban J connectivity index is 1.96. The molecule has 0 aliphatic carbocycles. The number of rotatable bonds is 6. The van der Waals surface area contributed by atoms with Crippen molar-refractivity contribution in [2.75, 3.05) is 11.3 Å². The van der Waals surface area contributed by atoms with Crippen molar-refractivity contribution < 1.29 is 26.7 Å². The lowest BCUT2D eigenvalue weighted by molar-refractivity contribution is 0.0420. The van der Waals surface area contributed by atoms with E-state index in [0.29, 0.717) is 10.2 Å². The van der Waals surface area contributed by atoms with E-state index in [1.165, 1.54) is 12.3 Å². The summed E-state index contributed by atoms with van der Waals surface area (Å²) in [5.41, 5.74) is 0.975. The van der Waals surface area contributed by atoms with E-state index in [1.807, 2.05) is 0 Å². The summed E-state index contributed by atoms with van der Waals surface area (Å²) in [5.74, 6) is -0.503. The van der Waals surface area contributed by atoms with Crippen LogP contribution in [0.15, 0.2) is 35.6 Å². The fraction of sp³-hybridized carbons (Fsp3) is 0.267. The number of aliphatic hydroxyl groups excluding tert-OH is 1. The van der Waals surface area contributed by atoms with Gasteiger partial charge in [0.1, 0.15) is 16.8 Å². The van der Waals surface area contributed by atoms with Gasteiger partial charge in [-0.05, 0) is 24.6 Å². The zero-order chi connectivity index (χ0) is 19.1. The van der Waals surface area contributed by atoms with Gasteiger partial charge in [0.05, 0.1) is 24.0 Å². The molecule has 0 radical (unpaired) electrons. The Morgan fingerprint density at radius 1 is 1.38 bits per heavy atom. The molecule has 3 rings (SSSR count). The van der Waals surface area contributed by atoms with Crippen molar-refractivity contribution in [1.82, 2.24) is 14.8 Å². The largest absolute Gasteiger partial charge is 0.394 e. The standard InChI is InChI=1S/C15H15F3N4O3S/c1-8-4-19-14-11(3-2-10(16)13(8)14)21-26(24,25)9-5-20-22(6-9)12(7-23)15(17)18/h2-6,12,15,19,21,23H,7H2,1H3/t12-/m0/s1. The van der Waals surface area contributed by atoms with E-state index >= 15 is 0 Å². The van der Waals surface area contributed by atoms with Gasteiger partial charge < -0.3 is 10.1 Å². The number of sulfonamides is 1. The van der Waals surface area contributed by atoms with Gasteiger partial charge in [-0.1, -0.05) is 0 Å². The van der Waals surface area contributed by atoms with Crippen LogP contribution in [0.2, 0.25) is 0 Å². The molecule has 3 N–H and O–H groups in total. The average Bonchev–Trinajstić information content (AvgIpc) is 3.19. The molecule has 0 bridgehead atoms. The number of nitrogens with zero attached hydrogens (tertiary/aromatic N) is 2. The average molecular weight is 388 g/mol. The molecule has 0 amide bonds. The third kappa shape index (κ3) is 3.15. The van der Waals surface area contributed by atoms with Crippen molar-refractivity contribution in [3.63, 3.8) is 0 Å². The van der Waals surface area contributed by atoms with Crippen molar-refractivity contribution in [2.24, 2.45) is 0 Å². The third-order valence-electron chi connectivity index (χ3n) is 3.93. The normalized spacial score (nSPS) is 13.5.